The highest BCUT2D eigenvalue weighted by Crippen LogP contribution is 2.31. The molecule has 3 rings (SSSR count). The van der Waals surface area contributed by atoms with Gasteiger partial charge in [0.25, 0.3) is 0 Å². The monoisotopic (exact) mass is 392 g/mol. The van der Waals surface area contributed by atoms with E-state index in [2.05, 4.69) is 23.5 Å². The molecule has 1 aliphatic rings. The van der Waals surface area contributed by atoms with Gasteiger partial charge in [0.05, 0.1) is 0 Å². The molecule has 0 heterocycles. The van der Waals surface area contributed by atoms with Crippen molar-refractivity contribution in [2.75, 3.05) is 11.9 Å². The number of carbonyl (C=O) groups excluding carboxylic acids is 2. The number of hydrogen-bond acceptors (Lipinski definition) is 2. The van der Waals surface area contributed by atoms with Crippen LogP contribution in [0.5, 0.6) is 0 Å². The minimum absolute atomic E-state index is 0.0101. The summed E-state index contributed by atoms with van der Waals surface area (Å²) in [5.41, 5.74) is 4.32. The predicted molar refractivity (Wildman–Crippen MR) is 118 cm³/mol. The summed E-state index contributed by atoms with van der Waals surface area (Å²) in [4.78, 5) is 27.6. The predicted octanol–water partition coefficient (Wildman–Crippen LogP) is 5.10. The van der Waals surface area contributed by atoms with E-state index in [1.807, 2.05) is 56.0 Å². The first-order chi connectivity index (χ1) is 14.0. The smallest absolute Gasteiger partial charge is 0.227 e. The molecule has 0 aliphatic heterocycles. The maximum Gasteiger partial charge on any atom is 0.227 e. The summed E-state index contributed by atoms with van der Waals surface area (Å²) in [7, 11) is 0. The maximum atomic E-state index is 13.0. The highest BCUT2D eigenvalue weighted by atomic mass is 16.2. The zero-order chi connectivity index (χ0) is 20.8. The molecule has 4 nitrogen and oxygen atoms in total. The molecule has 0 radical (unpaired) electrons. The first-order valence-corrected chi connectivity index (χ1v) is 10.7. The number of aryl methyl sites for hydroxylation is 2. The number of nitrogens with zero attached hydrogens (tertiary/aromatic N) is 1. The highest BCUT2D eigenvalue weighted by Gasteiger charge is 2.32. The molecule has 154 valence electrons. The van der Waals surface area contributed by atoms with Crippen molar-refractivity contribution in [3.05, 3.63) is 65.2 Å². The van der Waals surface area contributed by atoms with Gasteiger partial charge in [0.1, 0.15) is 0 Å². The van der Waals surface area contributed by atoms with Crippen molar-refractivity contribution in [3.63, 3.8) is 0 Å². The van der Waals surface area contributed by atoms with Gasteiger partial charge in [-0.1, -0.05) is 36.4 Å². The quantitative estimate of drug-likeness (QED) is 0.744. The summed E-state index contributed by atoms with van der Waals surface area (Å²) in [5.74, 6) is 0.329. The van der Waals surface area contributed by atoms with Crippen LogP contribution >= 0.6 is 0 Å². The summed E-state index contributed by atoms with van der Waals surface area (Å²) in [6.07, 6.45) is 3.12. The normalized spacial score (nSPS) is 18.9. The summed E-state index contributed by atoms with van der Waals surface area (Å²) in [6.45, 7) is 7.47. The lowest BCUT2D eigenvalue weighted by molar-refractivity contribution is -0.138. The Morgan fingerprint density at radius 1 is 0.931 bits per heavy atom. The third kappa shape index (κ3) is 5.69. The van der Waals surface area contributed by atoms with E-state index >= 15 is 0 Å². The van der Waals surface area contributed by atoms with Gasteiger partial charge in [-0.15, -0.1) is 0 Å². The van der Waals surface area contributed by atoms with Crippen LogP contribution < -0.4 is 5.32 Å². The Balaban J connectivity index is 1.53. The van der Waals surface area contributed by atoms with E-state index in [0.717, 1.165) is 48.1 Å². The topological polar surface area (TPSA) is 49.4 Å². The molecule has 1 aliphatic carbocycles. The molecular weight excluding hydrogens is 360 g/mol. The molecule has 0 saturated heterocycles. The third-order valence-corrected chi connectivity index (χ3v) is 5.85. The summed E-state index contributed by atoms with van der Waals surface area (Å²) in [6, 6.07) is 16.2. The van der Waals surface area contributed by atoms with Gasteiger partial charge in [-0.25, -0.2) is 0 Å². The summed E-state index contributed by atoms with van der Waals surface area (Å²) in [5, 5.41) is 3.07. The fourth-order valence-corrected chi connectivity index (χ4v) is 4.30. The number of rotatable bonds is 6. The molecule has 1 saturated carbocycles. The van der Waals surface area contributed by atoms with Crippen LogP contribution in [0.3, 0.4) is 0 Å². The summed E-state index contributed by atoms with van der Waals surface area (Å²) >= 11 is 0. The van der Waals surface area contributed by atoms with Crippen molar-refractivity contribution < 1.29 is 9.59 Å². The Bertz CT molecular complexity index is 819. The average molecular weight is 393 g/mol. The van der Waals surface area contributed by atoms with Crippen LogP contribution in [0.1, 0.15) is 49.3 Å². The van der Waals surface area contributed by atoms with E-state index < -0.39 is 0 Å². The Morgan fingerprint density at radius 2 is 1.52 bits per heavy atom. The van der Waals surface area contributed by atoms with Gasteiger partial charge in [0.2, 0.25) is 11.8 Å². The van der Waals surface area contributed by atoms with Crippen LogP contribution in [0.2, 0.25) is 0 Å². The molecule has 29 heavy (non-hydrogen) atoms. The molecule has 4 heteroatoms. The number of carbonyl (C=O) groups is 2. The molecule has 0 bridgehead atoms. The van der Waals surface area contributed by atoms with Crippen molar-refractivity contribution in [1.82, 2.24) is 4.90 Å². The minimum Gasteiger partial charge on any atom is -0.338 e. The molecule has 0 unspecified atom stereocenters. The Kier molecular flexibility index (Phi) is 7.08. The molecule has 1 N–H and O–H groups in total. The van der Waals surface area contributed by atoms with E-state index in [1.165, 1.54) is 0 Å². The minimum atomic E-state index is -0.0101. The van der Waals surface area contributed by atoms with Gasteiger partial charge < -0.3 is 10.2 Å². The fraction of sp³-hybridized carbons (Fsp3) is 0.440. The van der Waals surface area contributed by atoms with Crippen LogP contribution in [0.4, 0.5) is 5.69 Å². The van der Waals surface area contributed by atoms with Crippen molar-refractivity contribution in [3.8, 4) is 0 Å². The van der Waals surface area contributed by atoms with Crippen LogP contribution in [-0.4, -0.2) is 23.3 Å². The standard InChI is InChI=1S/C25H32N2O2/c1-4-27(17-20-8-6-5-7-9-20)25(29)22-12-10-21(11-13-22)24(28)26-23-15-18(2)14-19(3)16-23/h5-9,14-16,21-22H,4,10-13,17H2,1-3H3,(H,26,28). The van der Waals surface area contributed by atoms with E-state index in [0.29, 0.717) is 13.1 Å². The maximum absolute atomic E-state index is 13.0. The number of benzene rings is 2. The molecule has 0 atom stereocenters. The lowest BCUT2D eigenvalue weighted by Crippen LogP contribution is -2.38. The first kappa shape index (κ1) is 21.1. The van der Waals surface area contributed by atoms with Crippen LogP contribution in [0.25, 0.3) is 0 Å². The molecule has 0 spiro atoms. The van der Waals surface area contributed by atoms with Crippen LogP contribution in [0.15, 0.2) is 48.5 Å². The van der Waals surface area contributed by atoms with E-state index in [-0.39, 0.29) is 23.7 Å². The number of amides is 2. The molecular formula is C25H32N2O2. The lowest BCUT2D eigenvalue weighted by Gasteiger charge is -2.31. The van der Waals surface area contributed by atoms with Crippen LogP contribution in [-0.2, 0) is 16.1 Å². The van der Waals surface area contributed by atoms with Crippen molar-refractivity contribution in [1.29, 1.82) is 0 Å². The second kappa shape index (κ2) is 9.73. The van der Waals surface area contributed by atoms with Gasteiger partial charge in [-0.05, 0) is 75.3 Å². The van der Waals surface area contributed by atoms with Gasteiger partial charge >= 0.3 is 0 Å². The number of nitrogens with one attached hydrogen (secondary N) is 1. The Hall–Kier alpha value is -2.62. The second-order valence-corrected chi connectivity index (χ2v) is 8.25. The largest absolute Gasteiger partial charge is 0.338 e. The van der Waals surface area contributed by atoms with Gasteiger partial charge in [-0.3, -0.25) is 9.59 Å². The van der Waals surface area contributed by atoms with Gasteiger partial charge in [0, 0.05) is 30.6 Å². The van der Waals surface area contributed by atoms with Gasteiger partial charge in [-0.2, -0.15) is 0 Å². The molecule has 2 aromatic carbocycles. The Labute approximate surface area is 174 Å². The third-order valence-electron chi connectivity index (χ3n) is 5.85. The zero-order valence-electron chi connectivity index (χ0n) is 17.8. The molecule has 2 aromatic rings. The highest BCUT2D eigenvalue weighted by molar-refractivity contribution is 5.93. The van der Waals surface area contributed by atoms with Crippen molar-refractivity contribution in [2.24, 2.45) is 11.8 Å². The van der Waals surface area contributed by atoms with E-state index in [9.17, 15) is 9.59 Å². The second-order valence-electron chi connectivity index (χ2n) is 8.25. The van der Waals surface area contributed by atoms with Crippen molar-refractivity contribution in [2.45, 2.75) is 53.0 Å². The van der Waals surface area contributed by atoms with Crippen LogP contribution in [0, 0.1) is 25.7 Å². The van der Waals surface area contributed by atoms with Crippen molar-refractivity contribution >= 4 is 17.5 Å². The molecule has 2 amide bonds. The number of hydrogen-bond donors (Lipinski definition) is 1. The molecule has 0 aromatic heterocycles. The van der Waals surface area contributed by atoms with E-state index in [4.69, 9.17) is 0 Å². The zero-order valence-corrected chi connectivity index (χ0v) is 17.8. The van der Waals surface area contributed by atoms with Gasteiger partial charge in [0.15, 0.2) is 0 Å². The number of anilines is 1. The van der Waals surface area contributed by atoms with E-state index in [1.54, 1.807) is 0 Å². The lowest BCUT2D eigenvalue weighted by atomic mass is 9.80. The molecule has 1 fully saturated rings. The SMILES string of the molecule is CCN(Cc1ccccc1)C(=O)C1CCC(C(=O)Nc2cc(C)cc(C)c2)CC1. The average Bonchev–Trinajstić information content (AvgIpc) is 2.71. The summed E-state index contributed by atoms with van der Waals surface area (Å²) < 4.78 is 0. The Morgan fingerprint density at radius 3 is 2.10 bits per heavy atom. The first-order valence-electron chi connectivity index (χ1n) is 10.7. The fourth-order valence-electron chi connectivity index (χ4n) is 4.30.